The van der Waals surface area contributed by atoms with E-state index in [1.165, 1.54) is 9.87 Å². The fourth-order valence-electron chi connectivity index (χ4n) is 5.06. The highest BCUT2D eigenvalue weighted by molar-refractivity contribution is 7.89. The first-order chi connectivity index (χ1) is 16.9. The number of rotatable bonds is 7. The minimum Gasteiger partial charge on any atom is -0.379 e. The summed E-state index contributed by atoms with van der Waals surface area (Å²) in [7, 11) is -3.62. The fourth-order valence-corrected chi connectivity index (χ4v) is 6.48. The number of primary amides is 1. The molecule has 3 heterocycles. The van der Waals surface area contributed by atoms with E-state index in [4.69, 9.17) is 15.5 Å². The fraction of sp³-hybridized carbons (Fsp3) is 0.440. The highest BCUT2D eigenvalue weighted by Gasteiger charge is 2.32. The average Bonchev–Trinajstić information content (AvgIpc) is 3.20. The number of aromatic nitrogens is 2. The van der Waals surface area contributed by atoms with Gasteiger partial charge in [0.1, 0.15) is 5.82 Å². The molecule has 2 N–H and O–H groups in total. The first kappa shape index (κ1) is 23.9. The predicted octanol–water partition coefficient (Wildman–Crippen LogP) is 1.88. The number of hydrogen-bond acceptors (Lipinski definition) is 6. The van der Waals surface area contributed by atoms with Crippen LogP contribution in [0.5, 0.6) is 0 Å². The van der Waals surface area contributed by atoms with Crippen molar-refractivity contribution in [3.05, 3.63) is 59.4 Å². The van der Waals surface area contributed by atoms with E-state index >= 15 is 0 Å². The Hall–Kier alpha value is -2.79. The summed E-state index contributed by atoms with van der Waals surface area (Å²) in [4.78, 5) is 19.5. The molecule has 2 aliphatic rings. The Morgan fingerprint density at radius 2 is 1.89 bits per heavy atom. The molecule has 0 aliphatic carbocycles. The zero-order chi connectivity index (χ0) is 24.6. The third kappa shape index (κ3) is 4.58. The van der Waals surface area contributed by atoms with Gasteiger partial charge in [0.15, 0.2) is 0 Å². The molecule has 1 amide bonds. The minimum absolute atomic E-state index is 0.238. The van der Waals surface area contributed by atoms with Crippen LogP contribution in [0, 0.1) is 0 Å². The quantitative estimate of drug-likeness (QED) is 0.534. The van der Waals surface area contributed by atoms with Crippen molar-refractivity contribution in [3.63, 3.8) is 0 Å². The highest BCUT2D eigenvalue weighted by Crippen LogP contribution is 2.28. The molecule has 35 heavy (non-hydrogen) atoms. The molecule has 186 valence electrons. The number of aryl methyl sites for hydroxylation is 1. The molecule has 3 aromatic rings. The van der Waals surface area contributed by atoms with Gasteiger partial charge in [-0.25, -0.2) is 13.4 Å². The topological polar surface area (TPSA) is 111 Å². The molecular weight excluding hydrogens is 466 g/mol. The number of fused-ring (bicyclic) bond motifs is 2. The zero-order valence-corrected chi connectivity index (χ0v) is 20.7. The van der Waals surface area contributed by atoms with E-state index in [1.54, 1.807) is 12.1 Å². The van der Waals surface area contributed by atoms with Gasteiger partial charge in [-0.15, -0.1) is 0 Å². The third-order valence-corrected chi connectivity index (χ3v) is 8.77. The van der Waals surface area contributed by atoms with E-state index in [2.05, 4.69) is 22.5 Å². The molecule has 9 nitrogen and oxygen atoms in total. The van der Waals surface area contributed by atoms with E-state index in [1.807, 2.05) is 24.3 Å². The summed E-state index contributed by atoms with van der Waals surface area (Å²) in [5, 5.41) is 0. The van der Waals surface area contributed by atoms with E-state index in [9.17, 15) is 13.2 Å². The van der Waals surface area contributed by atoms with Crippen molar-refractivity contribution < 1.29 is 17.9 Å². The average molecular weight is 498 g/mol. The highest BCUT2D eigenvalue weighted by atomic mass is 32.2. The Kier molecular flexibility index (Phi) is 6.63. The molecule has 0 unspecified atom stereocenters. The van der Waals surface area contributed by atoms with Crippen LogP contribution in [0.1, 0.15) is 30.3 Å². The van der Waals surface area contributed by atoms with Crippen molar-refractivity contribution >= 4 is 27.0 Å². The summed E-state index contributed by atoms with van der Waals surface area (Å²) < 4.78 is 35.2. The Labute approximate surface area is 205 Å². The van der Waals surface area contributed by atoms with Gasteiger partial charge in [0.05, 0.1) is 41.7 Å². The van der Waals surface area contributed by atoms with Crippen LogP contribution in [-0.4, -0.2) is 65.4 Å². The van der Waals surface area contributed by atoms with Gasteiger partial charge < -0.3 is 15.0 Å². The lowest BCUT2D eigenvalue weighted by Crippen LogP contribution is -2.48. The number of nitrogens with two attached hydrogens (primary N) is 1. The lowest BCUT2D eigenvalue weighted by molar-refractivity contribution is -0.124. The second-order valence-electron chi connectivity index (χ2n) is 9.14. The van der Waals surface area contributed by atoms with Crippen LogP contribution in [0.2, 0.25) is 0 Å². The standard InChI is InChI=1S/C25H31N5O4S/c1-2-9-30-22-8-7-20(35(32,33)29-10-12-34-13-11-29)15-21(22)27-24(30)17-28-16-19-6-4-3-5-18(19)14-23(28)25(26)31/h3-8,15,23H,2,9-14,16-17H2,1H3,(H2,26,31)/t23-/m0/s1. The smallest absolute Gasteiger partial charge is 0.243 e. The molecule has 10 heteroatoms. The van der Waals surface area contributed by atoms with E-state index in [0.717, 1.165) is 29.9 Å². The molecule has 0 saturated carbocycles. The van der Waals surface area contributed by atoms with Gasteiger partial charge >= 0.3 is 0 Å². The van der Waals surface area contributed by atoms with Gasteiger partial charge in [0.2, 0.25) is 15.9 Å². The number of sulfonamides is 1. The van der Waals surface area contributed by atoms with Crippen LogP contribution < -0.4 is 5.73 Å². The largest absolute Gasteiger partial charge is 0.379 e. The van der Waals surface area contributed by atoms with Crippen LogP contribution in [0.15, 0.2) is 47.4 Å². The number of imidazole rings is 1. The summed E-state index contributed by atoms with van der Waals surface area (Å²) in [6.07, 6.45) is 1.47. The molecule has 1 aromatic heterocycles. The van der Waals surface area contributed by atoms with Crippen molar-refractivity contribution in [2.24, 2.45) is 5.73 Å². The van der Waals surface area contributed by atoms with Gasteiger partial charge in [-0.3, -0.25) is 9.69 Å². The maximum absolute atomic E-state index is 13.2. The van der Waals surface area contributed by atoms with Crippen molar-refractivity contribution in [2.45, 2.75) is 50.3 Å². The van der Waals surface area contributed by atoms with Crippen LogP contribution in [0.4, 0.5) is 0 Å². The molecule has 2 aromatic carbocycles. The summed E-state index contributed by atoms with van der Waals surface area (Å²) in [5.41, 5.74) is 9.64. The first-order valence-corrected chi connectivity index (χ1v) is 13.5. The molecule has 5 rings (SSSR count). The van der Waals surface area contributed by atoms with Gasteiger partial charge in [-0.2, -0.15) is 4.31 Å². The number of carbonyl (C=O) groups is 1. The molecular formula is C25H31N5O4S. The number of nitrogens with zero attached hydrogens (tertiary/aromatic N) is 4. The number of benzene rings is 2. The number of morpholine rings is 1. The first-order valence-electron chi connectivity index (χ1n) is 12.1. The zero-order valence-electron chi connectivity index (χ0n) is 19.9. The molecule has 1 saturated heterocycles. The second kappa shape index (κ2) is 9.69. The number of hydrogen-bond donors (Lipinski definition) is 1. The van der Waals surface area contributed by atoms with Gasteiger partial charge in [0, 0.05) is 26.2 Å². The Bertz CT molecular complexity index is 1350. The summed E-state index contributed by atoms with van der Waals surface area (Å²) >= 11 is 0. The summed E-state index contributed by atoms with van der Waals surface area (Å²) in [5.74, 6) is 0.449. The van der Waals surface area contributed by atoms with Crippen molar-refractivity contribution in [2.75, 3.05) is 26.3 Å². The van der Waals surface area contributed by atoms with Gasteiger partial charge in [0.25, 0.3) is 0 Å². The predicted molar refractivity (Wildman–Crippen MR) is 132 cm³/mol. The lowest BCUT2D eigenvalue weighted by Gasteiger charge is -2.34. The van der Waals surface area contributed by atoms with Crippen molar-refractivity contribution in [3.8, 4) is 0 Å². The number of amides is 1. The monoisotopic (exact) mass is 497 g/mol. The van der Waals surface area contributed by atoms with Gasteiger partial charge in [-0.05, 0) is 42.2 Å². The van der Waals surface area contributed by atoms with Crippen molar-refractivity contribution in [1.82, 2.24) is 18.8 Å². The third-order valence-electron chi connectivity index (χ3n) is 6.87. The molecule has 0 bridgehead atoms. The van der Waals surface area contributed by atoms with E-state index < -0.39 is 16.1 Å². The Morgan fingerprint density at radius 1 is 1.14 bits per heavy atom. The van der Waals surface area contributed by atoms with Gasteiger partial charge in [-0.1, -0.05) is 31.2 Å². The normalized spacial score (nSPS) is 19.6. The second-order valence-corrected chi connectivity index (χ2v) is 11.1. The number of carbonyl (C=O) groups excluding carboxylic acids is 1. The minimum atomic E-state index is -3.62. The van der Waals surface area contributed by atoms with Crippen LogP contribution in [0.25, 0.3) is 11.0 Å². The summed E-state index contributed by atoms with van der Waals surface area (Å²) in [6.45, 7) is 5.39. The van der Waals surface area contributed by atoms with Crippen LogP contribution in [0.3, 0.4) is 0 Å². The maximum atomic E-state index is 13.2. The van der Waals surface area contributed by atoms with Crippen molar-refractivity contribution in [1.29, 1.82) is 0 Å². The molecule has 1 atom stereocenters. The maximum Gasteiger partial charge on any atom is 0.243 e. The molecule has 0 radical (unpaired) electrons. The van der Waals surface area contributed by atoms with Crippen LogP contribution in [-0.2, 0) is 45.6 Å². The van der Waals surface area contributed by atoms with E-state index in [-0.39, 0.29) is 10.8 Å². The molecule has 2 aliphatic heterocycles. The summed E-state index contributed by atoms with van der Waals surface area (Å²) in [6, 6.07) is 12.9. The Balaban J connectivity index is 1.50. The lowest BCUT2D eigenvalue weighted by atomic mass is 9.93. The Morgan fingerprint density at radius 3 is 2.60 bits per heavy atom. The van der Waals surface area contributed by atoms with Crippen LogP contribution >= 0.6 is 0 Å². The SMILES string of the molecule is CCCn1c(CN2Cc3ccccc3C[C@H]2C(N)=O)nc2cc(S(=O)(=O)N3CCOCC3)ccc21. The van der Waals surface area contributed by atoms with E-state index in [0.29, 0.717) is 51.3 Å². The molecule has 1 fully saturated rings. The molecule has 0 spiro atoms. The number of ether oxygens (including phenoxy) is 1.